The van der Waals surface area contributed by atoms with E-state index in [9.17, 15) is 9.90 Å². The zero-order valence-corrected chi connectivity index (χ0v) is 12.1. The van der Waals surface area contributed by atoms with Crippen LogP contribution in [0.2, 0.25) is 0 Å². The molecule has 1 saturated carbocycles. The molecule has 1 aliphatic carbocycles. The summed E-state index contributed by atoms with van der Waals surface area (Å²) in [5, 5.41) is 9.36. The number of benzene rings is 1. The van der Waals surface area contributed by atoms with Crippen molar-refractivity contribution in [2.45, 2.75) is 37.2 Å². The van der Waals surface area contributed by atoms with Gasteiger partial charge in [0.15, 0.2) is 11.5 Å². The van der Waals surface area contributed by atoms with Crippen molar-refractivity contribution in [3.05, 3.63) is 23.8 Å². The van der Waals surface area contributed by atoms with Crippen LogP contribution in [0.4, 0.5) is 0 Å². The lowest BCUT2D eigenvalue weighted by Gasteiger charge is -2.24. The zero-order chi connectivity index (χ0) is 14.9. The molecule has 0 aromatic heterocycles. The summed E-state index contributed by atoms with van der Waals surface area (Å²) in [5.41, 5.74) is 0.0684. The summed E-state index contributed by atoms with van der Waals surface area (Å²) in [6.45, 7) is 1.38. The first-order valence-corrected chi connectivity index (χ1v) is 7.32. The maximum Gasteiger partial charge on any atom is 0.314 e. The molecule has 3 rings (SSSR count). The molecule has 1 aliphatic heterocycles. The average molecular weight is 292 g/mol. The van der Waals surface area contributed by atoms with E-state index in [1.807, 2.05) is 12.1 Å². The van der Waals surface area contributed by atoms with Gasteiger partial charge in [-0.15, -0.1) is 0 Å². The fourth-order valence-electron chi connectivity index (χ4n) is 2.80. The van der Waals surface area contributed by atoms with Crippen LogP contribution in [0.3, 0.4) is 0 Å². The Morgan fingerprint density at radius 1 is 1.38 bits per heavy atom. The van der Waals surface area contributed by atoms with Gasteiger partial charge in [-0.3, -0.25) is 4.79 Å². The molecule has 2 aliphatic rings. The van der Waals surface area contributed by atoms with Gasteiger partial charge >= 0.3 is 5.97 Å². The summed E-state index contributed by atoms with van der Waals surface area (Å²) in [6, 6.07) is 5.44. The van der Waals surface area contributed by atoms with Crippen molar-refractivity contribution < 1.29 is 24.1 Å². The number of hydrogen-bond acceptors (Lipinski definition) is 4. The lowest BCUT2D eigenvalue weighted by molar-refractivity contribution is -0.140. The van der Waals surface area contributed by atoms with Crippen LogP contribution in [-0.2, 0) is 14.9 Å². The van der Waals surface area contributed by atoms with E-state index in [0.717, 1.165) is 25.0 Å². The van der Waals surface area contributed by atoms with Crippen molar-refractivity contribution in [1.29, 1.82) is 0 Å². The molecule has 2 fully saturated rings. The fraction of sp³-hybridized carbons (Fsp3) is 0.562. The normalized spacial score (nSPS) is 23.4. The number of rotatable bonds is 5. The van der Waals surface area contributed by atoms with E-state index in [4.69, 9.17) is 14.2 Å². The van der Waals surface area contributed by atoms with Gasteiger partial charge in [-0.1, -0.05) is 6.07 Å². The summed E-state index contributed by atoms with van der Waals surface area (Å²) in [4.78, 5) is 11.4. The Labute approximate surface area is 123 Å². The van der Waals surface area contributed by atoms with Crippen LogP contribution in [0, 0.1) is 0 Å². The van der Waals surface area contributed by atoms with Crippen molar-refractivity contribution in [2.75, 3.05) is 20.3 Å². The van der Waals surface area contributed by atoms with Crippen molar-refractivity contribution in [1.82, 2.24) is 0 Å². The molecule has 1 unspecified atom stereocenters. The first kappa shape index (κ1) is 14.2. The molecule has 21 heavy (non-hydrogen) atoms. The molecular weight excluding hydrogens is 272 g/mol. The average Bonchev–Trinajstić information content (AvgIpc) is 3.30. The minimum Gasteiger partial charge on any atom is -0.493 e. The molecule has 0 amide bonds. The lowest BCUT2D eigenvalue weighted by Crippen LogP contribution is -2.28. The van der Waals surface area contributed by atoms with Crippen LogP contribution in [0.5, 0.6) is 11.5 Å². The Kier molecular flexibility index (Phi) is 3.76. The third kappa shape index (κ3) is 2.70. The second kappa shape index (κ2) is 5.56. The molecule has 0 radical (unpaired) electrons. The van der Waals surface area contributed by atoms with Gasteiger partial charge < -0.3 is 19.3 Å². The molecule has 114 valence electrons. The highest BCUT2D eigenvalue weighted by Gasteiger charge is 2.52. The summed E-state index contributed by atoms with van der Waals surface area (Å²) >= 11 is 0. The Hall–Kier alpha value is -1.75. The van der Waals surface area contributed by atoms with Gasteiger partial charge in [0, 0.05) is 6.61 Å². The lowest BCUT2D eigenvalue weighted by atomic mass is 9.96. The van der Waals surface area contributed by atoms with E-state index in [2.05, 4.69) is 0 Å². The number of carbonyl (C=O) groups is 1. The first-order chi connectivity index (χ1) is 10.2. The Balaban J connectivity index is 1.80. The number of carboxylic acid groups (broad SMARTS) is 1. The molecule has 1 heterocycles. The minimum atomic E-state index is -0.765. The zero-order valence-electron chi connectivity index (χ0n) is 12.1. The number of methoxy groups -OCH3 is 1. The van der Waals surface area contributed by atoms with Crippen molar-refractivity contribution in [2.24, 2.45) is 0 Å². The van der Waals surface area contributed by atoms with Crippen molar-refractivity contribution in [3.63, 3.8) is 0 Å². The third-order valence-corrected chi connectivity index (χ3v) is 4.29. The maximum absolute atomic E-state index is 11.4. The molecule has 1 aromatic carbocycles. The largest absolute Gasteiger partial charge is 0.493 e. The fourth-order valence-corrected chi connectivity index (χ4v) is 2.80. The molecule has 1 aromatic rings. The molecule has 0 bridgehead atoms. The predicted molar refractivity (Wildman–Crippen MR) is 76.0 cm³/mol. The summed E-state index contributed by atoms with van der Waals surface area (Å²) in [5.74, 6) is 0.474. The predicted octanol–water partition coefficient (Wildman–Crippen LogP) is 2.37. The number of hydrogen-bond donors (Lipinski definition) is 1. The SMILES string of the molecule is COc1cc(C2(C(=O)O)CC2)ccc1OC1CCCOC1. The summed E-state index contributed by atoms with van der Waals surface area (Å²) in [7, 11) is 1.57. The summed E-state index contributed by atoms with van der Waals surface area (Å²) in [6.07, 6.45) is 3.36. The van der Waals surface area contributed by atoms with Gasteiger partial charge in [-0.05, 0) is 43.4 Å². The quantitative estimate of drug-likeness (QED) is 0.902. The van der Waals surface area contributed by atoms with Crippen LogP contribution < -0.4 is 9.47 Å². The standard InChI is InChI=1S/C16H20O5/c1-19-14-9-11(16(6-7-16)15(17)18)4-5-13(14)21-12-3-2-8-20-10-12/h4-5,9,12H,2-3,6-8,10H2,1H3,(H,17,18). The van der Waals surface area contributed by atoms with Crippen LogP contribution in [-0.4, -0.2) is 37.5 Å². The molecule has 1 atom stereocenters. The number of aliphatic carboxylic acids is 1. The molecule has 5 heteroatoms. The van der Waals surface area contributed by atoms with E-state index >= 15 is 0 Å². The van der Waals surface area contributed by atoms with Crippen LogP contribution in [0.1, 0.15) is 31.2 Å². The van der Waals surface area contributed by atoms with Gasteiger partial charge in [-0.25, -0.2) is 0 Å². The van der Waals surface area contributed by atoms with Crippen LogP contribution in [0.15, 0.2) is 18.2 Å². The van der Waals surface area contributed by atoms with Crippen molar-refractivity contribution >= 4 is 5.97 Å². The molecule has 5 nitrogen and oxygen atoms in total. The van der Waals surface area contributed by atoms with E-state index < -0.39 is 11.4 Å². The van der Waals surface area contributed by atoms with Crippen molar-refractivity contribution in [3.8, 4) is 11.5 Å². The second-order valence-electron chi connectivity index (χ2n) is 5.71. The number of carboxylic acids is 1. The van der Waals surface area contributed by atoms with Gasteiger partial charge in [0.2, 0.25) is 0 Å². The minimum absolute atomic E-state index is 0.0351. The number of ether oxygens (including phenoxy) is 3. The Morgan fingerprint density at radius 3 is 2.76 bits per heavy atom. The van der Waals surface area contributed by atoms with Gasteiger partial charge in [0.1, 0.15) is 6.10 Å². The highest BCUT2D eigenvalue weighted by Crippen LogP contribution is 2.50. The Bertz CT molecular complexity index is 529. The third-order valence-electron chi connectivity index (χ3n) is 4.29. The topological polar surface area (TPSA) is 65.0 Å². The van der Waals surface area contributed by atoms with Crippen LogP contribution in [0.25, 0.3) is 0 Å². The van der Waals surface area contributed by atoms with Gasteiger partial charge in [0.05, 0.1) is 19.1 Å². The highest BCUT2D eigenvalue weighted by atomic mass is 16.5. The summed E-state index contributed by atoms with van der Waals surface area (Å²) < 4.78 is 16.7. The molecule has 1 N–H and O–H groups in total. The van der Waals surface area contributed by atoms with Crippen LogP contribution >= 0.6 is 0 Å². The molecular formula is C16H20O5. The van der Waals surface area contributed by atoms with E-state index in [1.165, 1.54) is 0 Å². The monoisotopic (exact) mass is 292 g/mol. The first-order valence-electron chi connectivity index (χ1n) is 7.32. The second-order valence-corrected chi connectivity index (χ2v) is 5.71. The van der Waals surface area contributed by atoms with E-state index in [0.29, 0.717) is 30.9 Å². The Morgan fingerprint density at radius 2 is 2.19 bits per heavy atom. The van der Waals surface area contributed by atoms with Gasteiger partial charge in [0.25, 0.3) is 0 Å². The van der Waals surface area contributed by atoms with Gasteiger partial charge in [-0.2, -0.15) is 0 Å². The maximum atomic E-state index is 11.4. The smallest absolute Gasteiger partial charge is 0.314 e. The van der Waals surface area contributed by atoms with E-state index in [-0.39, 0.29) is 6.10 Å². The van der Waals surface area contributed by atoms with E-state index in [1.54, 1.807) is 13.2 Å². The molecule has 1 saturated heterocycles. The molecule has 0 spiro atoms. The highest BCUT2D eigenvalue weighted by molar-refractivity contribution is 5.85.